The van der Waals surface area contributed by atoms with Crippen LogP contribution in [0.25, 0.3) is 0 Å². The average molecular weight is 294 g/mol. The number of methoxy groups -OCH3 is 1. The van der Waals surface area contributed by atoms with E-state index in [1.165, 1.54) is 0 Å². The van der Waals surface area contributed by atoms with E-state index in [0.717, 1.165) is 11.3 Å². The Hall–Kier alpha value is -1.85. The van der Waals surface area contributed by atoms with Gasteiger partial charge in [0.2, 0.25) is 0 Å². The van der Waals surface area contributed by atoms with Gasteiger partial charge in [-0.1, -0.05) is 23.8 Å². The first kappa shape index (κ1) is 13.6. The largest absolute Gasteiger partial charge is 0.495 e. The minimum absolute atomic E-state index is 0.326. The van der Waals surface area contributed by atoms with Crippen molar-refractivity contribution < 1.29 is 4.74 Å². The zero-order valence-electron chi connectivity index (χ0n) is 10.2. The Labute approximate surface area is 121 Å². The molecular weight excluding hydrogens is 282 g/mol. The van der Waals surface area contributed by atoms with Crippen LogP contribution in [-0.2, 0) is 0 Å². The molecule has 3 N–H and O–H groups in total. The molecule has 2 rings (SSSR count). The highest BCUT2D eigenvalue weighted by atomic mass is 35.5. The van der Waals surface area contributed by atoms with Crippen LogP contribution in [0.15, 0.2) is 36.5 Å². The molecule has 0 radical (unpaired) electrons. The Kier molecular flexibility index (Phi) is 4.19. The lowest BCUT2D eigenvalue weighted by Crippen LogP contribution is -2.09. The van der Waals surface area contributed by atoms with Gasteiger partial charge in [-0.2, -0.15) is 0 Å². The van der Waals surface area contributed by atoms with Crippen LogP contribution >= 0.6 is 23.8 Å². The van der Waals surface area contributed by atoms with Crippen LogP contribution in [0.5, 0.6) is 5.75 Å². The second-order valence-electron chi connectivity index (χ2n) is 3.77. The summed E-state index contributed by atoms with van der Waals surface area (Å²) >= 11 is 10.9. The molecule has 0 amide bonds. The number of rotatable bonds is 4. The summed E-state index contributed by atoms with van der Waals surface area (Å²) in [6.45, 7) is 0. The molecule has 0 unspecified atom stereocenters. The number of aromatic nitrogens is 1. The number of hydrogen-bond donors (Lipinski definition) is 2. The zero-order chi connectivity index (χ0) is 13.8. The quantitative estimate of drug-likeness (QED) is 0.848. The fourth-order valence-corrected chi connectivity index (χ4v) is 1.88. The molecule has 0 aliphatic carbocycles. The van der Waals surface area contributed by atoms with Gasteiger partial charge in [-0.15, -0.1) is 0 Å². The van der Waals surface area contributed by atoms with Gasteiger partial charge < -0.3 is 15.8 Å². The Morgan fingerprint density at radius 1 is 1.37 bits per heavy atom. The summed E-state index contributed by atoms with van der Waals surface area (Å²) in [4.78, 5) is 4.54. The Balaban J connectivity index is 2.16. The molecule has 0 spiro atoms. The van der Waals surface area contributed by atoms with Crippen molar-refractivity contribution in [3.63, 3.8) is 0 Å². The number of thiocarbonyl (C=S) groups is 1. The molecule has 2 aromatic rings. The molecule has 0 atom stereocenters. The van der Waals surface area contributed by atoms with Crippen LogP contribution in [0.3, 0.4) is 0 Å². The molecule has 1 heterocycles. The van der Waals surface area contributed by atoms with Crippen LogP contribution < -0.4 is 15.8 Å². The van der Waals surface area contributed by atoms with Crippen LogP contribution in [0, 0.1) is 0 Å². The normalized spacial score (nSPS) is 10.0. The van der Waals surface area contributed by atoms with Gasteiger partial charge in [0.15, 0.2) is 0 Å². The van der Waals surface area contributed by atoms with Gasteiger partial charge in [-0.3, -0.25) is 0 Å². The summed E-state index contributed by atoms with van der Waals surface area (Å²) in [6, 6.07) is 9.01. The molecule has 98 valence electrons. The van der Waals surface area contributed by atoms with Crippen LogP contribution in [-0.4, -0.2) is 17.1 Å². The minimum atomic E-state index is 0.326. The molecule has 6 heteroatoms. The first-order chi connectivity index (χ1) is 9.10. The molecule has 19 heavy (non-hydrogen) atoms. The predicted molar refractivity (Wildman–Crippen MR) is 81.4 cm³/mol. The van der Waals surface area contributed by atoms with E-state index in [1.54, 1.807) is 31.5 Å². The lowest BCUT2D eigenvalue weighted by Gasteiger charge is -2.08. The number of hydrogen-bond acceptors (Lipinski definition) is 4. The number of nitrogens with zero attached hydrogens (tertiary/aromatic N) is 1. The molecule has 0 aliphatic rings. The molecule has 1 aromatic heterocycles. The fraction of sp³-hybridized carbons (Fsp3) is 0.0769. The number of benzene rings is 1. The van der Waals surface area contributed by atoms with E-state index in [0.29, 0.717) is 21.6 Å². The fourth-order valence-electron chi connectivity index (χ4n) is 1.51. The van der Waals surface area contributed by atoms with E-state index in [4.69, 9.17) is 34.3 Å². The van der Waals surface area contributed by atoms with E-state index < -0.39 is 0 Å². The van der Waals surface area contributed by atoms with Crippen molar-refractivity contribution >= 4 is 40.3 Å². The van der Waals surface area contributed by atoms with Crippen molar-refractivity contribution in [2.75, 3.05) is 12.4 Å². The molecular formula is C13H12ClN3OS. The van der Waals surface area contributed by atoms with E-state index in [9.17, 15) is 0 Å². The summed E-state index contributed by atoms with van der Waals surface area (Å²) in [5.74, 6) is 1.31. The second-order valence-corrected chi connectivity index (χ2v) is 4.62. The zero-order valence-corrected chi connectivity index (χ0v) is 11.8. The SMILES string of the molecule is COc1ccc(Nc2ccc(C(N)=S)cn2)cc1Cl. The maximum Gasteiger partial charge on any atom is 0.137 e. The summed E-state index contributed by atoms with van der Waals surface area (Å²) in [5, 5.41) is 3.66. The molecule has 0 fully saturated rings. The first-order valence-electron chi connectivity index (χ1n) is 5.46. The number of anilines is 2. The highest BCUT2D eigenvalue weighted by Gasteiger charge is 2.03. The van der Waals surface area contributed by atoms with E-state index in [1.807, 2.05) is 12.1 Å². The van der Waals surface area contributed by atoms with Crippen molar-refractivity contribution in [3.05, 3.63) is 47.1 Å². The third kappa shape index (κ3) is 3.33. The summed E-state index contributed by atoms with van der Waals surface area (Å²) < 4.78 is 5.09. The van der Waals surface area contributed by atoms with Gasteiger partial charge in [0.25, 0.3) is 0 Å². The van der Waals surface area contributed by atoms with Gasteiger partial charge in [-0.25, -0.2) is 4.98 Å². The molecule has 0 saturated heterocycles. The van der Waals surface area contributed by atoms with E-state index in [-0.39, 0.29) is 0 Å². The van der Waals surface area contributed by atoms with Gasteiger partial charge in [0.1, 0.15) is 16.6 Å². The summed E-state index contributed by atoms with van der Waals surface area (Å²) in [6.07, 6.45) is 1.62. The van der Waals surface area contributed by atoms with Crippen LogP contribution in [0.4, 0.5) is 11.5 Å². The van der Waals surface area contributed by atoms with Crippen molar-refractivity contribution in [1.82, 2.24) is 4.98 Å². The van der Waals surface area contributed by atoms with Gasteiger partial charge in [0, 0.05) is 17.4 Å². The van der Waals surface area contributed by atoms with Crippen molar-refractivity contribution in [1.29, 1.82) is 0 Å². The monoisotopic (exact) mass is 293 g/mol. The summed E-state index contributed by atoms with van der Waals surface area (Å²) in [5.41, 5.74) is 7.06. The Bertz CT molecular complexity index is 601. The molecule has 1 aromatic carbocycles. The molecule has 0 saturated carbocycles. The maximum atomic E-state index is 6.04. The predicted octanol–water partition coefficient (Wildman–Crippen LogP) is 3.12. The summed E-state index contributed by atoms with van der Waals surface area (Å²) in [7, 11) is 1.57. The number of pyridine rings is 1. The number of nitrogens with two attached hydrogens (primary N) is 1. The second kappa shape index (κ2) is 5.86. The van der Waals surface area contributed by atoms with Crippen molar-refractivity contribution in [3.8, 4) is 5.75 Å². The minimum Gasteiger partial charge on any atom is -0.495 e. The first-order valence-corrected chi connectivity index (χ1v) is 6.25. The topological polar surface area (TPSA) is 60.2 Å². The third-order valence-electron chi connectivity index (χ3n) is 2.47. The van der Waals surface area contributed by atoms with E-state index >= 15 is 0 Å². The standard InChI is InChI=1S/C13H12ClN3OS/c1-18-11-4-3-9(6-10(11)14)17-12-5-2-8(7-16-12)13(15)19/h2-7H,1H3,(H2,15,19)(H,16,17). The molecule has 0 bridgehead atoms. The van der Waals surface area contributed by atoms with Crippen LogP contribution in [0.1, 0.15) is 5.56 Å². The molecule has 0 aliphatic heterocycles. The smallest absolute Gasteiger partial charge is 0.137 e. The van der Waals surface area contributed by atoms with Crippen molar-refractivity contribution in [2.24, 2.45) is 5.73 Å². The lowest BCUT2D eigenvalue weighted by molar-refractivity contribution is 0.415. The van der Waals surface area contributed by atoms with Crippen molar-refractivity contribution in [2.45, 2.75) is 0 Å². The Morgan fingerprint density at radius 3 is 2.68 bits per heavy atom. The lowest BCUT2D eigenvalue weighted by atomic mass is 10.2. The van der Waals surface area contributed by atoms with E-state index in [2.05, 4.69) is 10.3 Å². The number of halogens is 1. The number of ether oxygens (including phenoxy) is 1. The highest BCUT2D eigenvalue weighted by Crippen LogP contribution is 2.28. The highest BCUT2D eigenvalue weighted by molar-refractivity contribution is 7.80. The van der Waals surface area contributed by atoms with Gasteiger partial charge in [-0.05, 0) is 30.3 Å². The van der Waals surface area contributed by atoms with Gasteiger partial charge in [0.05, 0.1) is 12.1 Å². The third-order valence-corrected chi connectivity index (χ3v) is 3.00. The number of nitrogens with one attached hydrogen (secondary N) is 1. The average Bonchev–Trinajstić information content (AvgIpc) is 2.39. The molecule has 4 nitrogen and oxygen atoms in total. The van der Waals surface area contributed by atoms with Gasteiger partial charge >= 0.3 is 0 Å². The Morgan fingerprint density at radius 2 is 2.16 bits per heavy atom. The maximum absolute atomic E-state index is 6.04. The van der Waals surface area contributed by atoms with Crippen LogP contribution in [0.2, 0.25) is 5.02 Å².